The van der Waals surface area contributed by atoms with Gasteiger partial charge in [-0.05, 0) is 28.7 Å². The molecule has 35 heavy (non-hydrogen) atoms. The summed E-state index contributed by atoms with van der Waals surface area (Å²) in [6, 6.07) is 15.5. The molecular weight excluding hydrogens is 452 g/mol. The highest BCUT2D eigenvalue weighted by Crippen LogP contribution is 2.44. The summed E-state index contributed by atoms with van der Waals surface area (Å²) in [5, 5.41) is 12.5. The number of carbonyl (C=O) groups is 3. The lowest BCUT2D eigenvalue weighted by atomic mass is 9.95. The third-order valence-electron chi connectivity index (χ3n) is 7.35. The van der Waals surface area contributed by atoms with Crippen LogP contribution in [0.2, 0.25) is 0 Å². The van der Waals surface area contributed by atoms with Crippen molar-refractivity contribution in [3.8, 4) is 11.1 Å². The Kier molecular flexibility index (Phi) is 6.21. The fraction of sp³-hybridized carbons (Fsp3) is 0.423. The molecule has 2 aliphatic heterocycles. The van der Waals surface area contributed by atoms with E-state index in [0.29, 0.717) is 6.42 Å². The van der Waals surface area contributed by atoms with Gasteiger partial charge in [-0.1, -0.05) is 48.5 Å². The van der Waals surface area contributed by atoms with Gasteiger partial charge in [0.05, 0.1) is 12.6 Å². The Morgan fingerprint density at radius 1 is 1.09 bits per heavy atom. The first-order valence-corrected chi connectivity index (χ1v) is 11.7. The fourth-order valence-corrected chi connectivity index (χ4v) is 5.30. The number of hydrogen-bond acceptors (Lipinski definition) is 6. The summed E-state index contributed by atoms with van der Waals surface area (Å²) >= 11 is 0. The van der Waals surface area contributed by atoms with Gasteiger partial charge in [0, 0.05) is 32.6 Å². The van der Waals surface area contributed by atoms with Crippen LogP contribution < -0.4 is 5.32 Å². The van der Waals surface area contributed by atoms with E-state index in [0.717, 1.165) is 22.3 Å². The molecular formula is C26H28N2O7. The quantitative estimate of drug-likeness (QED) is 0.653. The number of nitrogens with one attached hydrogen (secondary N) is 1. The Balaban J connectivity index is 1.23. The third-order valence-corrected chi connectivity index (χ3v) is 7.35. The molecule has 9 heteroatoms. The summed E-state index contributed by atoms with van der Waals surface area (Å²) in [6.07, 6.45) is -1.01. The highest BCUT2D eigenvalue weighted by atomic mass is 16.6. The van der Waals surface area contributed by atoms with E-state index < -0.39 is 35.7 Å². The molecule has 2 amide bonds. The SMILES string of the molecule is CN(C(=O)[C@@H]1OCC[C@@H]1NC(=O)OCC1c2ccccc2-c2ccccc21)C1(C(=O)O)CCOC1. The molecule has 2 heterocycles. The maximum atomic E-state index is 13.2. The summed E-state index contributed by atoms with van der Waals surface area (Å²) in [5.74, 6) is -1.70. The molecule has 0 spiro atoms. The second kappa shape index (κ2) is 9.31. The van der Waals surface area contributed by atoms with Crippen molar-refractivity contribution < 1.29 is 33.7 Å². The minimum atomic E-state index is -1.43. The standard InChI is InChI=1S/C26H28N2O7/c1-28(26(24(30)31)11-13-33-15-26)23(29)22-21(10-12-34-22)27-25(32)35-14-20-18-8-4-2-6-16(18)17-7-3-5-9-19(17)20/h2-9,20-22H,10-15H2,1H3,(H,27,32)(H,30,31)/t21-,22+,26?/m0/s1. The largest absolute Gasteiger partial charge is 0.479 e. The van der Waals surface area contributed by atoms with Crippen LogP contribution in [-0.4, -0.2) is 79.1 Å². The van der Waals surface area contributed by atoms with Gasteiger partial charge in [0.15, 0.2) is 11.6 Å². The maximum absolute atomic E-state index is 13.2. The molecule has 0 saturated carbocycles. The number of ether oxygens (including phenoxy) is 3. The molecule has 2 aromatic carbocycles. The van der Waals surface area contributed by atoms with Gasteiger partial charge in [0.25, 0.3) is 5.91 Å². The fourth-order valence-electron chi connectivity index (χ4n) is 5.30. The number of alkyl carbamates (subject to hydrolysis) is 1. The van der Waals surface area contributed by atoms with Crippen LogP contribution in [0.3, 0.4) is 0 Å². The minimum Gasteiger partial charge on any atom is -0.479 e. The molecule has 3 atom stereocenters. The number of carboxylic acid groups (broad SMARTS) is 1. The molecule has 2 saturated heterocycles. The van der Waals surface area contributed by atoms with Crippen molar-refractivity contribution in [2.45, 2.75) is 36.4 Å². The number of benzene rings is 2. The van der Waals surface area contributed by atoms with Crippen LogP contribution in [0.1, 0.15) is 29.9 Å². The van der Waals surface area contributed by atoms with Crippen LogP contribution in [-0.2, 0) is 23.8 Å². The lowest BCUT2D eigenvalue weighted by Crippen LogP contribution is -2.60. The molecule has 9 nitrogen and oxygen atoms in total. The number of amides is 2. The van der Waals surface area contributed by atoms with Crippen LogP contribution in [0.5, 0.6) is 0 Å². The minimum absolute atomic E-state index is 0.0747. The van der Waals surface area contributed by atoms with E-state index in [1.807, 2.05) is 36.4 Å². The first-order chi connectivity index (χ1) is 16.9. The average molecular weight is 481 g/mol. The lowest BCUT2D eigenvalue weighted by Gasteiger charge is -2.35. The summed E-state index contributed by atoms with van der Waals surface area (Å²) in [4.78, 5) is 39.0. The van der Waals surface area contributed by atoms with Crippen LogP contribution in [0.4, 0.5) is 4.79 Å². The van der Waals surface area contributed by atoms with Gasteiger partial charge < -0.3 is 29.5 Å². The van der Waals surface area contributed by atoms with Crippen molar-refractivity contribution in [1.82, 2.24) is 10.2 Å². The van der Waals surface area contributed by atoms with Crippen LogP contribution in [0, 0.1) is 0 Å². The normalized spacial score (nSPS) is 25.1. The Labute approximate surface area is 203 Å². The number of nitrogens with zero attached hydrogens (tertiary/aromatic N) is 1. The highest BCUT2D eigenvalue weighted by molar-refractivity contribution is 5.90. The van der Waals surface area contributed by atoms with E-state index in [4.69, 9.17) is 14.2 Å². The number of rotatable bonds is 6. The predicted molar refractivity (Wildman–Crippen MR) is 125 cm³/mol. The van der Waals surface area contributed by atoms with Crippen molar-refractivity contribution in [2.75, 3.05) is 33.5 Å². The topological polar surface area (TPSA) is 114 Å². The summed E-state index contributed by atoms with van der Waals surface area (Å²) in [6.45, 7) is 0.610. The molecule has 0 bridgehead atoms. The van der Waals surface area contributed by atoms with Crippen molar-refractivity contribution >= 4 is 18.0 Å². The van der Waals surface area contributed by atoms with Gasteiger partial charge >= 0.3 is 12.1 Å². The molecule has 2 aromatic rings. The summed E-state index contributed by atoms with van der Waals surface area (Å²) in [5.41, 5.74) is 3.06. The Morgan fingerprint density at radius 2 is 1.74 bits per heavy atom. The molecule has 5 rings (SSSR count). The van der Waals surface area contributed by atoms with E-state index >= 15 is 0 Å². The first kappa shape index (κ1) is 23.3. The van der Waals surface area contributed by atoms with E-state index in [1.165, 1.54) is 11.9 Å². The zero-order chi connectivity index (χ0) is 24.6. The zero-order valence-electron chi connectivity index (χ0n) is 19.4. The van der Waals surface area contributed by atoms with E-state index in [-0.39, 0.29) is 38.8 Å². The number of hydrogen-bond donors (Lipinski definition) is 2. The van der Waals surface area contributed by atoms with Gasteiger partial charge in [-0.15, -0.1) is 0 Å². The van der Waals surface area contributed by atoms with Crippen molar-refractivity contribution in [3.63, 3.8) is 0 Å². The van der Waals surface area contributed by atoms with Gasteiger partial charge in [-0.25, -0.2) is 9.59 Å². The Hall–Kier alpha value is -3.43. The van der Waals surface area contributed by atoms with E-state index in [2.05, 4.69) is 17.4 Å². The van der Waals surface area contributed by atoms with E-state index in [9.17, 15) is 19.5 Å². The number of carbonyl (C=O) groups excluding carboxylic acids is 2. The number of likely N-dealkylation sites (N-methyl/N-ethyl adjacent to an activating group) is 1. The average Bonchev–Trinajstić information content (AvgIpc) is 3.60. The third kappa shape index (κ3) is 4.04. The van der Waals surface area contributed by atoms with Gasteiger partial charge in [0.2, 0.25) is 0 Å². The Bertz CT molecular complexity index is 1100. The van der Waals surface area contributed by atoms with Crippen LogP contribution in [0.25, 0.3) is 11.1 Å². The molecule has 0 radical (unpaired) electrons. The second-order valence-corrected chi connectivity index (χ2v) is 9.19. The van der Waals surface area contributed by atoms with Crippen molar-refractivity contribution in [1.29, 1.82) is 0 Å². The molecule has 184 valence electrons. The summed E-state index contributed by atoms with van der Waals surface area (Å²) in [7, 11) is 1.44. The van der Waals surface area contributed by atoms with Crippen molar-refractivity contribution in [2.24, 2.45) is 0 Å². The smallest absolute Gasteiger partial charge is 0.407 e. The molecule has 3 aliphatic rings. The van der Waals surface area contributed by atoms with Gasteiger partial charge in [-0.2, -0.15) is 0 Å². The zero-order valence-corrected chi connectivity index (χ0v) is 19.4. The molecule has 2 N–H and O–H groups in total. The number of carboxylic acids is 1. The predicted octanol–water partition coefficient (Wildman–Crippen LogP) is 2.38. The number of aliphatic carboxylic acids is 1. The monoisotopic (exact) mass is 480 g/mol. The Morgan fingerprint density at radius 3 is 2.34 bits per heavy atom. The lowest BCUT2D eigenvalue weighted by molar-refractivity contribution is -0.162. The van der Waals surface area contributed by atoms with Gasteiger partial charge in [-0.3, -0.25) is 4.79 Å². The summed E-state index contributed by atoms with van der Waals surface area (Å²) < 4.78 is 16.5. The van der Waals surface area contributed by atoms with Crippen LogP contribution in [0.15, 0.2) is 48.5 Å². The van der Waals surface area contributed by atoms with Crippen molar-refractivity contribution in [3.05, 3.63) is 59.7 Å². The molecule has 1 unspecified atom stereocenters. The second-order valence-electron chi connectivity index (χ2n) is 9.19. The van der Waals surface area contributed by atoms with Gasteiger partial charge in [0.1, 0.15) is 6.61 Å². The molecule has 0 aromatic heterocycles. The molecule has 2 fully saturated rings. The molecule has 1 aliphatic carbocycles. The maximum Gasteiger partial charge on any atom is 0.407 e. The highest BCUT2D eigenvalue weighted by Gasteiger charge is 2.51. The first-order valence-electron chi connectivity index (χ1n) is 11.7. The van der Waals surface area contributed by atoms with Crippen LogP contribution >= 0.6 is 0 Å². The van der Waals surface area contributed by atoms with E-state index in [1.54, 1.807) is 0 Å². The number of fused-ring (bicyclic) bond motifs is 3.